The van der Waals surface area contributed by atoms with Crippen LogP contribution in [0.4, 0.5) is 13.2 Å². The van der Waals surface area contributed by atoms with Gasteiger partial charge in [-0.05, 0) is 50.1 Å². The third-order valence-electron chi connectivity index (χ3n) is 3.92. The first-order valence-corrected chi connectivity index (χ1v) is 10.1. The summed E-state index contributed by atoms with van der Waals surface area (Å²) in [6, 6.07) is 11.9. The summed E-state index contributed by atoms with van der Waals surface area (Å²) in [5.74, 6) is -0.194. The van der Waals surface area contributed by atoms with Crippen LogP contribution in [0.3, 0.4) is 0 Å². The second kappa shape index (κ2) is 10.3. The fraction of sp³-hybridized carbons (Fsp3) is 0.333. The lowest BCUT2D eigenvalue weighted by atomic mass is 10.1. The minimum absolute atomic E-state index is 0.0480. The van der Waals surface area contributed by atoms with Gasteiger partial charge in [-0.2, -0.15) is 13.2 Å². The van der Waals surface area contributed by atoms with E-state index in [1.807, 2.05) is 13.8 Å². The molecule has 0 radical (unpaired) electrons. The molecule has 0 atom stereocenters. The molecule has 8 heteroatoms. The van der Waals surface area contributed by atoms with Crippen molar-refractivity contribution in [3.63, 3.8) is 0 Å². The average Bonchev–Trinajstić information content (AvgIpc) is 2.65. The molecule has 0 spiro atoms. The van der Waals surface area contributed by atoms with Crippen molar-refractivity contribution in [3.05, 3.63) is 65.2 Å². The quantitative estimate of drug-likeness (QED) is 0.622. The van der Waals surface area contributed by atoms with Gasteiger partial charge in [-0.15, -0.1) is 11.8 Å². The van der Waals surface area contributed by atoms with E-state index in [1.165, 1.54) is 23.9 Å². The van der Waals surface area contributed by atoms with Crippen LogP contribution < -0.4 is 10.6 Å². The molecule has 0 heterocycles. The first-order valence-electron chi connectivity index (χ1n) is 9.12. The highest BCUT2D eigenvalue weighted by atomic mass is 32.2. The smallest absolute Gasteiger partial charge is 0.353 e. The van der Waals surface area contributed by atoms with Crippen molar-refractivity contribution in [2.75, 3.05) is 12.3 Å². The predicted octanol–water partition coefficient (Wildman–Crippen LogP) is 4.29. The highest BCUT2D eigenvalue weighted by Crippen LogP contribution is 2.29. The van der Waals surface area contributed by atoms with Crippen molar-refractivity contribution >= 4 is 23.6 Å². The zero-order valence-corrected chi connectivity index (χ0v) is 17.0. The molecule has 2 amide bonds. The molecule has 0 aromatic heterocycles. The molecule has 0 aliphatic rings. The van der Waals surface area contributed by atoms with Gasteiger partial charge in [0.15, 0.2) is 0 Å². The number of nitrogens with one attached hydrogen (secondary N) is 2. The molecule has 0 saturated carbocycles. The normalized spacial score (nSPS) is 11.4. The molecule has 0 unspecified atom stereocenters. The van der Waals surface area contributed by atoms with Crippen molar-refractivity contribution in [1.82, 2.24) is 10.6 Å². The molecular weight excluding hydrogens is 401 g/mol. The van der Waals surface area contributed by atoms with Gasteiger partial charge in [-0.1, -0.05) is 24.3 Å². The van der Waals surface area contributed by atoms with E-state index in [0.29, 0.717) is 22.4 Å². The highest BCUT2D eigenvalue weighted by Gasteiger charge is 2.29. The van der Waals surface area contributed by atoms with E-state index in [4.69, 9.17) is 0 Å². The Balaban J connectivity index is 1.90. The van der Waals surface area contributed by atoms with Crippen LogP contribution in [-0.4, -0.2) is 30.2 Å². The topological polar surface area (TPSA) is 58.2 Å². The lowest BCUT2D eigenvalue weighted by Gasteiger charge is -2.11. The summed E-state index contributed by atoms with van der Waals surface area (Å²) in [5.41, 5.74) is 0.464. The Morgan fingerprint density at radius 1 is 1.03 bits per heavy atom. The first-order chi connectivity index (χ1) is 13.7. The molecular formula is C21H23F3N2O2S. The molecule has 29 heavy (non-hydrogen) atoms. The number of amides is 2. The van der Waals surface area contributed by atoms with Gasteiger partial charge in [0.1, 0.15) is 0 Å². The van der Waals surface area contributed by atoms with Gasteiger partial charge < -0.3 is 10.6 Å². The zero-order valence-electron chi connectivity index (χ0n) is 16.2. The highest BCUT2D eigenvalue weighted by molar-refractivity contribution is 8.00. The Bertz CT molecular complexity index is 837. The van der Waals surface area contributed by atoms with E-state index < -0.39 is 11.7 Å². The van der Waals surface area contributed by atoms with Gasteiger partial charge >= 0.3 is 6.18 Å². The molecule has 156 valence electrons. The standard InChI is InChI=1S/C21H23F3N2O2S/c1-14(2)26-19(27)13-29-18-6-4-3-5-17(18)20(28)25-12-11-15-7-9-16(10-8-15)21(22,23)24/h3-10,14H,11-13H2,1-2H3,(H,25,28)(H,26,27). The second-order valence-electron chi connectivity index (χ2n) is 6.71. The van der Waals surface area contributed by atoms with E-state index in [0.717, 1.165) is 12.1 Å². The Labute approximate surface area is 172 Å². The van der Waals surface area contributed by atoms with Crippen LogP contribution in [0.2, 0.25) is 0 Å². The Kier molecular flexibility index (Phi) is 8.13. The summed E-state index contributed by atoms with van der Waals surface area (Å²) < 4.78 is 37.8. The molecule has 0 bridgehead atoms. The van der Waals surface area contributed by atoms with Crippen LogP contribution in [-0.2, 0) is 17.4 Å². The van der Waals surface area contributed by atoms with E-state index in [-0.39, 0.29) is 30.2 Å². The molecule has 0 aliphatic carbocycles. The third kappa shape index (κ3) is 7.45. The van der Waals surface area contributed by atoms with Gasteiger partial charge in [0.05, 0.1) is 16.9 Å². The molecule has 2 aromatic carbocycles. The lowest BCUT2D eigenvalue weighted by molar-refractivity contribution is -0.137. The van der Waals surface area contributed by atoms with Crippen LogP contribution in [0.25, 0.3) is 0 Å². The molecule has 2 rings (SSSR count). The van der Waals surface area contributed by atoms with Gasteiger partial charge in [-0.3, -0.25) is 9.59 Å². The summed E-state index contributed by atoms with van der Waals surface area (Å²) in [5, 5.41) is 5.57. The predicted molar refractivity (Wildman–Crippen MR) is 108 cm³/mol. The summed E-state index contributed by atoms with van der Waals surface area (Å²) in [7, 11) is 0. The first kappa shape index (κ1) is 22.8. The van der Waals surface area contributed by atoms with Crippen molar-refractivity contribution < 1.29 is 22.8 Å². The van der Waals surface area contributed by atoms with E-state index >= 15 is 0 Å². The van der Waals surface area contributed by atoms with Crippen LogP contribution in [0.15, 0.2) is 53.4 Å². The third-order valence-corrected chi connectivity index (χ3v) is 4.99. The Morgan fingerprint density at radius 3 is 2.31 bits per heavy atom. The zero-order chi connectivity index (χ0) is 21.4. The van der Waals surface area contributed by atoms with Crippen LogP contribution in [0.5, 0.6) is 0 Å². The average molecular weight is 424 g/mol. The number of alkyl halides is 3. The number of rotatable bonds is 8. The van der Waals surface area contributed by atoms with E-state index in [2.05, 4.69) is 10.6 Å². The SMILES string of the molecule is CC(C)NC(=O)CSc1ccccc1C(=O)NCCc1ccc(C(F)(F)F)cc1. The molecule has 4 nitrogen and oxygen atoms in total. The number of hydrogen-bond donors (Lipinski definition) is 2. The van der Waals surface area contributed by atoms with Crippen molar-refractivity contribution in [2.24, 2.45) is 0 Å². The Morgan fingerprint density at radius 2 is 1.69 bits per heavy atom. The Hall–Kier alpha value is -2.48. The molecule has 2 aromatic rings. The number of thioether (sulfide) groups is 1. The van der Waals surface area contributed by atoms with Crippen molar-refractivity contribution in [2.45, 2.75) is 37.4 Å². The van der Waals surface area contributed by atoms with Gasteiger partial charge in [-0.25, -0.2) is 0 Å². The fourth-order valence-electron chi connectivity index (χ4n) is 2.56. The minimum Gasteiger partial charge on any atom is -0.353 e. The van der Waals surface area contributed by atoms with E-state index in [1.54, 1.807) is 24.3 Å². The number of carbonyl (C=O) groups excluding carboxylic acids is 2. The van der Waals surface area contributed by atoms with Crippen LogP contribution >= 0.6 is 11.8 Å². The van der Waals surface area contributed by atoms with Gasteiger partial charge in [0, 0.05) is 17.5 Å². The summed E-state index contributed by atoms with van der Waals surface area (Å²) >= 11 is 1.28. The molecule has 0 saturated heterocycles. The maximum atomic E-state index is 12.6. The maximum Gasteiger partial charge on any atom is 0.416 e. The maximum absolute atomic E-state index is 12.6. The molecule has 0 aliphatic heterocycles. The van der Waals surface area contributed by atoms with Gasteiger partial charge in [0.25, 0.3) is 5.91 Å². The van der Waals surface area contributed by atoms with Gasteiger partial charge in [0.2, 0.25) is 5.91 Å². The minimum atomic E-state index is -4.36. The molecule has 0 fully saturated rings. The largest absolute Gasteiger partial charge is 0.416 e. The molecule has 2 N–H and O–H groups in total. The monoisotopic (exact) mass is 424 g/mol. The summed E-state index contributed by atoms with van der Waals surface area (Å²) in [6.07, 6.45) is -3.95. The van der Waals surface area contributed by atoms with E-state index in [9.17, 15) is 22.8 Å². The number of benzene rings is 2. The lowest BCUT2D eigenvalue weighted by Crippen LogP contribution is -2.31. The van der Waals surface area contributed by atoms with Crippen molar-refractivity contribution in [1.29, 1.82) is 0 Å². The van der Waals surface area contributed by atoms with Crippen LogP contribution in [0, 0.1) is 0 Å². The van der Waals surface area contributed by atoms with Crippen molar-refractivity contribution in [3.8, 4) is 0 Å². The number of carbonyl (C=O) groups is 2. The second-order valence-corrected chi connectivity index (χ2v) is 7.72. The summed E-state index contributed by atoms with van der Waals surface area (Å²) in [4.78, 5) is 25.0. The summed E-state index contributed by atoms with van der Waals surface area (Å²) in [6.45, 7) is 4.04. The fourth-order valence-corrected chi connectivity index (χ4v) is 3.42. The van der Waals surface area contributed by atoms with Crippen LogP contribution in [0.1, 0.15) is 35.3 Å². The number of hydrogen-bond acceptors (Lipinski definition) is 3. The number of halogens is 3.